The van der Waals surface area contributed by atoms with Gasteiger partial charge in [0.1, 0.15) is 5.69 Å². The average Bonchev–Trinajstić information content (AvgIpc) is 2.25. The van der Waals surface area contributed by atoms with Crippen molar-refractivity contribution in [2.45, 2.75) is 4.90 Å². The third-order valence-corrected chi connectivity index (χ3v) is 2.53. The van der Waals surface area contributed by atoms with E-state index in [1.807, 2.05) is 6.07 Å². The van der Waals surface area contributed by atoms with Crippen molar-refractivity contribution in [3.05, 3.63) is 24.0 Å². The number of aromatic nitrogens is 1. The van der Waals surface area contributed by atoms with Gasteiger partial charge in [0.05, 0.1) is 6.61 Å². The van der Waals surface area contributed by atoms with Gasteiger partial charge in [-0.1, -0.05) is 0 Å². The smallest absolute Gasteiger partial charge is 0.269 e. The molecule has 0 aliphatic carbocycles. The van der Waals surface area contributed by atoms with Crippen molar-refractivity contribution in [3.63, 3.8) is 0 Å². The van der Waals surface area contributed by atoms with Gasteiger partial charge in [-0.3, -0.25) is 9.78 Å². The Morgan fingerprint density at radius 3 is 3.14 bits per heavy atom. The van der Waals surface area contributed by atoms with Gasteiger partial charge in [-0.2, -0.15) is 0 Å². The molecule has 0 saturated carbocycles. The summed E-state index contributed by atoms with van der Waals surface area (Å²) in [5.74, 6) is 0.424. The fraction of sp³-hybridized carbons (Fsp3) is 0.333. The summed E-state index contributed by atoms with van der Waals surface area (Å²) < 4.78 is 0. The summed E-state index contributed by atoms with van der Waals surface area (Å²) in [6.45, 7) is 0.127. The molecule has 0 fully saturated rings. The molecule has 0 aromatic carbocycles. The van der Waals surface area contributed by atoms with Crippen LogP contribution in [-0.4, -0.2) is 35.4 Å². The molecule has 0 spiro atoms. The number of hydrogen-bond acceptors (Lipinski definition) is 4. The maximum absolute atomic E-state index is 11.2. The van der Waals surface area contributed by atoms with E-state index in [1.54, 1.807) is 19.3 Å². The van der Waals surface area contributed by atoms with Gasteiger partial charge in [-0.25, -0.2) is 0 Å². The lowest BCUT2D eigenvalue weighted by atomic mass is 10.3. The van der Waals surface area contributed by atoms with Crippen LogP contribution >= 0.6 is 11.8 Å². The molecule has 1 aromatic heterocycles. The van der Waals surface area contributed by atoms with Crippen molar-refractivity contribution in [2.75, 3.05) is 19.4 Å². The molecule has 0 aliphatic rings. The maximum atomic E-state index is 11.2. The van der Waals surface area contributed by atoms with Gasteiger partial charge >= 0.3 is 0 Å². The van der Waals surface area contributed by atoms with Crippen LogP contribution in [-0.2, 0) is 0 Å². The Morgan fingerprint density at radius 2 is 2.50 bits per heavy atom. The molecular weight excluding hydrogens is 200 g/mol. The monoisotopic (exact) mass is 212 g/mol. The van der Waals surface area contributed by atoms with Crippen molar-refractivity contribution in [1.82, 2.24) is 10.3 Å². The molecule has 14 heavy (non-hydrogen) atoms. The summed E-state index contributed by atoms with van der Waals surface area (Å²) >= 11 is 1.49. The van der Waals surface area contributed by atoms with Crippen LogP contribution < -0.4 is 5.32 Å². The molecule has 0 aliphatic heterocycles. The third-order valence-electron chi connectivity index (χ3n) is 1.55. The third kappa shape index (κ3) is 3.01. The highest BCUT2D eigenvalue weighted by molar-refractivity contribution is 7.99. The lowest BCUT2D eigenvalue weighted by Crippen LogP contribution is -2.19. The summed E-state index contributed by atoms with van der Waals surface area (Å²) in [6, 6.07) is 3.52. The Balaban J connectivity index is 2.73. The van der Waals surface area contributed by atoms with Crippen molar-refractivity contribution in [3.8, 4) is 0 Å². The molecule has 2 N–H and O–H groups in total. The quantitative estimate of drug-likeness (QED) is 0.714. The number of nitrogens with one attached hydrogen (secondary N) is 1. The van der Waals surface area contributed by atoms with Gasteiger partial charge in [-0.05, 0) is 12.1 Å². The summed E-state index contributed by atoms with van der Waals surface area (Å²) in [5.41, 5.74) is 0.399. The molecule has 0 bridgehead atoms. The predicted octanol–water partition coefficient (Wildman–Crippen LogP) is 0.526. The molecule has 0 saturated heterocycles. The highest BCUT2D eigenvalue weighted by atomic mass is 32.2. The van der Waals surface area contributed by atoms with Crippen LogP contribution in [0.3, 0.4) is 0 Å². The average molecular weight is 212 g/mol. The molecule has 1 aromatic rings. The van der Waals surface area contributed by atoms with Gasteiger partial charge in [0, 0.05) is 23.9 Å². The molecule has 1 amide bonds. The summed E-state index contributed by atoms with van der Waals surface area (Å²) in [7, 11) is 1.57. The van der Waals surface area contributed by atoms with Gasteiger partial charge in [0.25, 0.3) is 5.91 Å². The minimum absolute atomic E-state index is 0.127. The first-order valence-corrected chi connectivity index (χ1v) is 5.18. The Bertz CT molecular complexity index is 317. The number of carbonyl (C=O) groups excluding carboxylic acids is 1. The Kier molecular flexibility index (Phi) is 4.42. The SMILES string of the molecule is CNC(=O)c1cc(SCCO)ccn1. The second-order valence-electron chi connectivity index (χ2n) is 2.53. The zero-order chi connectivity index (χ0) is 10.4. The van der Waals surface area contributed by atoms with E-state index in [4.69, 9.17) is 5.11 Å². The Hall–Kier alpha value is -1.07. The lowest BCUT2D eigenvalue weighted by molar-refractivity contribution is 0.0958. The van der Waals surface area contributed by atoms with E-state index in [0.29, 0.717) is 11.4 Å². The number of carbonyl (C=O) groups is 1. The molecular formula is C9H12N2O2S. The zero-order valence-electron chi connectivity index (χ0n) is 7.86. The fourth-order valence-corrected chi connectivity index (χ4v) is 1.60. The van der Waals surface area contributed by atoms with E-state index in [1.165, 1.54) is 11.8 Å². The largest absolute Gasteiger partial charge is 0.396 e. The standard InChI is InChI=1S/C9H12N2O2S/c1-10-9(13)8-6-7(2-3-11-8)14-5-4-12/h2-3,6,12H,4-5H2,1H3,(H,10,13). The maximum Gasteiger partial charge on any atom is 0.269 e. The lowest BCUT2D eigenvalue weighted by Gasteiger charge is -2.02. The summed E-state index contributed by atoms with van der Waals surface area (Å²) in [4.78, 5) is 16.1. The van der Waals surface area contributed by atoms with Gasteiger partial charge < -0.3 is 10.4 Å². The van der Waals surface area contributed by atoms with Crippen LogP contribution in [0, 0.1) is 0 Å². The van der Waals surface area contributed by atoms with Gasteiger partial charge in [0.2, 0.25) is 0 Å². The van der Waals surface area contributed by atoms with E-state index in [2.05, 4.69) is 10.3 Å². The minimum Gasteiger partial charge on any atom is -0.396 e. The Labute approximate surface area is 86.7 Å². The number of rotatable bonds is 4. The van der Waals surface area contributed by atoms with Crippen LogP contribution in [0.4, 0.5) is 0 Å². The first-order valence-electron chi connectivity index (χ1n) is 4.19. The van der Waals surface area contributed by atoms with E-state index >= 15 is 0 Å². The molecule has 0 atom stereocenters. The normalized spacial score (nSPS) is 9.86. The second kappa shape index (κ2) is 5.62. The van der Waals surface area contributed by atoms with E-state index in [-0.39, 0.29) is 12.5 Å². The number of thioether (sulfide) groups is 1. The Morgan fingerprint density at radius 1 is 1.71 bits per heavy atom. The molecule has 0 radical (unpaired) electrons. The number of hydrogen-bond donors (Lipinski definition) is 2. The molecule has 4 nitrogen and oxygen atoms in total. The number of aliphatic hydroxyl groups excluding tert-OH is 1. The van der Waals surface area contributed by atoms with Crippen molar-refractivity contribution >= 4 is 17.7 Å². The molecule has 1 rings (SSSR count). The number of aliphatic hydroxyl groups is 1. The highest BCUT2D eigenvalue weighted by Gasteiger charge is 2.04. The van der Waals surface area contributed by atoms with Crippen LogP contribution in [0.1, 0.15) is 10.5 Å². The van der Waals surface area contributed by atoms with Crippen LogP contribution in [0.15, 0.2) is 23.2 Å². The van der Waals surface area contributed by atoms with Crippen molar-refractivity contribution in [1.29, 1.82) is 0 Å². The van der Waals surface area contributed by atoms with Crippen molar-refractivity contribution < 1.29 is 9.90 Å². The van der Waals surface area contributed by atoms with E-state index < -0.39 is 0 Å². The van der Waals surface area contributed by atoms with Crippen LogP contribution in [0.25, 0.3) is 0 Å². The van der Waals surface area contributed by atoms with Crippen molar-refractivity contribution in [2.24, 2.45) is 0 Å². The number of nitrogens with zero attached hydrogens (tertiary/aromatic N) is 1. The molecule has 1 heterocycles. The summed E-state index contributed by atoms with van der Waals surface area (Å²) in [5, 5.41) is 11.1. The first kappa shape index (κ1) is 11.0. The van der Waals surface area contributed by atoms with E-state index in [9.17, 15) is 4.79 Å². The topological polar surface area (TPSA) is 62.2 Å². The molecule has 76 valence electrons. The molecule has 0 unspecified atom stereocenters. The highest BCUT2D eigenvalue weighted by Crippen LogP contribution is 2.17. The predicted molar refractivity (Wildman–Crippen MR) is 55.4 cm³/mol. The fourth-order valence-electron chi connectivity index (χ4n) is 0.917. The van der Waals surface area contributed by atoms with Crippen LogP contribution in [0.5, 0.6) is 0 Å². The minimum atomic E-state index is -0.198. The molecule has 5 heteroatoms. The van der Waals surface area contributed by atoms with E-state index in [0.717, 1.165) is 4.90 Å². The number of amides is 1. The van der Waals surface area contributed by atoms with Gasteiger partial charge in [-0.15, -0.1) is 11.8 Å². The van der Waals surface area contributed by atoms with Crippen LogP contribution in [0.2, 0.25) is 0 Å². The van der Waals surface area contributed by atoms with Gasteiger partial charge in [0.15, 0.2) is 0 Å². The first-order chi connectivity index (χ1) is 6.77. The zero-order valence-corrected chi connectivity index (χ0v) is 8.67. The number of pyridine rings is 1. The second-order valence-corrected chi connectivity index (χ2v) is 3.70. The summed E-state index contributed by atoms with van der Waals surface area (Å²) in [6.07, 6.45) is 1.59.